The van der Waals surface area contributed by atoms with E-state index < -0.39 is 0 Å². The number of hydrogen-bond donors (Lipinski definition) is 1. The fourth-order valence-electron chi connectivity index (χ4n) is 3.17. The molecule has 1 aliphatic carbocycles. The maximum atomic E-state index is 5.71. The molecule has 106 valence electrons. The fourth-order valence-corrected chi connectivity index (χ4v) is 4.54. The highest BCUT2D eigenvalue weighted by Crippen LogP contribution is 2.31. The Labute approximate surface area is 117 Å². The normalized spacial score (nSPS) is 34.7. The van der Waals surface area contributed by atoms with Crippen molar-refractivity contribution in [2.75, 3.05) is 18.9 Å². The monoisotopic (exact) mass is 271 g/mol. The van der Waals surface area contributed by atoms with Crippen LogP contribution < -0.4 is 5.32 Å². The van der Waals surface area contributed by atoms with Gasteiger partial charge in [0.1, 0.15) is 0 Å². The van der Waals surface area contributed by atoms with E-state index in [1.807, 2.05) is 0 Å². The molecule has 4 atom stereocenters. The lowest BCUT2D eigenvalue weighted by Crippen LogP contribution is -2.38. The average Bonchev–Trinajstić information content (AvgIpc) is 2.88. The lowest BCUT2D eigenvalue weighted by molar-refractivity contribution is 0.0844. The highest BCUT2D eigenvalue weighted by Gasteiger charge is 2.22. The first-order valence-electron chi connectivity index (χ1n) is 7.72. The topological polar surface area (TPSA) is 21.3 Å². The summed E-state index contributed by atoms with van der Waals surface area (Å²) in [6.45, 7) is 6.77. The molecule has 4 unspecified atom stereocenters. The van der Waals surface area contributed by atoms with Gasteiger partial charge in [-0.2, -0.15) is 11.8 Å². The van der Waals surface area contributed by atoms with E-state index in [0.717, 1.165) is 24.3 Å². The Morgan fingerprint density at radius 3 is 2.89 bits per heavy atom. The third-order valence-electron chi connectivity index (χ3n) is 4.33. The van der Waals surface area contributed by atoms with Gasteiger partial charge in [0.05, 0.1) is 6.10 Å². The molecular weight excluding hydrogens is 242 g/mol. The summed E-state index contributed by atoms with van der Waals surface area (Å²) in [6.07, 6.45) is 8.71. The predicted octanol–water partition coefficient (Wildman–Crippen LogP) is 3.46. The van der Waals surface area contributed by atoms with Crippen molar-refractivity contribution >= 4 is 11.8 Å². The highest BCUT2D eigenvalue weighted by atomic mass is 32.2. The predicted molar refractivity (Wildman–Crippen MR) is 80.3 cm³/mol. The molecule has 1 heterocycles. The second kappa shape index (κ2) is 7.76. The van der Waals surface area contributed by atoms with Gasteiger partial charge in [-0.25, -0.2) is 0 Å². The van der Waals surface area contributed by atoms with Gasteiger partial charge in [0.25, 0.3) is 0 Å². The van der Waals surface area contributed by atoms with Gasteiger partial charge in [-0.1, -0.05) is 19.8 Å². The molecule has 0 aromatic heterocycles. The Kier molecular flexibility index (Phi) is 6.33. The Morgan fingerprint density at radius 1 is 1.28 bits per heavy atom. The van der Waals surface area contributed by atoms with Gasteiger partial charge < -0.3 is 10.1 Å². The van der Waals surface area contributed by atoms with Crippen LogP contribution in [0.3, 0.4) is 0 Å². The van der Waals surface area contributed by atoms with Crippen LogP contribution in [0.15, 0.2) is 0 Å². The lowest BCUT2D eigenvalue weighted by Gasteiger charge is -2.26. The van der Waals surface area contributed by atoms with Crippen LogP contribution in [0.1, 0.15) is 52.4 Å². The molecule has 2 fully saturated rings. The summed E-state index contributed by atoms with van der Waals surface area (Å²) in [7, 11) is 0. The van der Waals surface area contributed by atoms with E-state index in [0.29, 0.717) is 12.1 Å². The Morgan fingerprint density at radius 2 is 2.17 bits per heavy atom. The summed E-state index contributed by atoms with van der Waals surface area (Å²) in [5.74, 6) is 2.21. The van der Waals surface area contributed by atoms with Crippen LogP contribution in [0.5, 0.6) is 0 Å². The van der Waals surface area contributed by atoms with Crippen molar-refractivity contribution in [3.63, 3.8) is 0 Å². The maximum Gasteiger partial charge on any atom is 0.0726 e. The third-order valence-corrected chi connectivity index (χ3v) is 5.67. The van der Waals surface area contributed by atoms with Crippen LogP contribution >= 0.6 is 11.8 Å². The van der Waals surface area contributed by atoms with Crippen LogP contribution in [-0.4, -0.2) is 36.3 Å². The largest absolute Gasteiger partial charge is 0.377 e. The van der Waals surface area contributed by atoms with E-state index in [9.17, 15) is 0 Å². The molecule has 0 spiro atoms. The van der Waals surface area contributed by atoms with E-state index in [-0.39, 0.29) is 0 Å². The van der Waals surface area contributed by atoms with Crippen LogP contribution in [0.2, 0.25) is 0 Å². The van der Waals surface area contributed by atoms with Gasteiger partial charge in [-0.15, -0.1) is 0 Å². The first kappa shape index (κ1) is 14.7. The van der Waals surface area contributed by atoms with Gasteiger partial charge >= 0.3 is 0 Å². The Balaban J connectivity index is 1.52. The summed E-state index contributed by atoms with van der Waals surface area (Å²) in [5, 5.41) is 4.55. The first-order valence-corrected chi connectivity index (χ1v) is 8.77. The lowest BCUT2D eigenvalue weighted by atomic mass is 9.91. The van der Waals surface area contributed by atoms with Gasteiger partial charge in [-0.05, 0) is 38.5 Å². The molecule has 1 saturated heterocycles. The zero-order valence-electron chi connectivity index (χ0n) is 12.0. The van der Waals surface area contributed by atoms with Gasteiger partial charge in [0.15, 0.2) is 0 Å². The van der Waals surface area contributed by atoms with E-state index in [1.54, 1.807) is 0 Å². The third kappa shape index (κ3) is 4.75. The molecule has 2 nitrogen and oxygen atoms in total. The van der Waals surface area contributed by atoms with Crippen LogP contribution in [0, 0.1) is 5.92 Å². The Bertz CT molecular complexity index is 227. The first-order chi connectivity index (χ1) is 8.75. The summed E-state index contributed by atoms with van der Waals surface area (Å²) in [4.78, 5) is 0. The standard InChI is InChI=1S/C15H29NOS/c1-12-5-3-6-14(11-12)18-10-8-16-13(2)15-7-4-9-17-15/h12-16H,3-11H2,1-2H3. The summed E-state index contributed by atoms with van der Waals surface area (Å²) in [5.41, 5.74) is 0. The molecule has 1 saturated carbocycles. The SMILES string of the molecule is CC1CCCC(SCCNC(C)C2CCCO2)C1. The van der Waals surface area contributed by atoms with Gasteiger partial charge in [0.2, 0.25) is 0 Å². The molecule has 2 aliphatic rings. The van der Waals surface area contributed by atoms with Crippen LogP contribution in [0.25, 0.3) is 0 Å². The highest BCUT2D eigenvalue weighted by molar-refractivity contribution is 7.99. The number of rotatable bonds is 6. The van der Waals surface area contributed by atoms with Crippen molar-refractivity contribution in [3.05, 3.63) is 0 Å². The van der Waals surface area contributed by atoms with E-state index in [2.05, 4.69) is 30.9 Å². The summed E-state index contributed by atoms with van der Waals surface area (Å²) >= 11 is 2.18. The molecule has 2 rings (SSSR count). The van der Waals surface area contributed by atoms with Crippen LogP contribution in [-0.2, 0) is 4.74 Å². The van der Waals surface area contributed by atoms with E-state index in [1.165, 1.54) is 44.3 Å². The second-order valence-corrected chi connectivity index (χ2v) is 7.47. The molecule has 0 radical (unpaired) electrons. The van der Waals surface area contributed by atoms with Crippen molar-refractivity contribution in [2.45, 2.75) is 69.8 Å². The smallest absolute Gasteiger partial charge is 0.0726 e. The molecule has 3 heteroatoms. The van der Waals surface area contributed by atoms with Gasteiger partial charge in [0, 0.05) is 30.2 Å². The molecular formula is C15H29NOS. The summed E-state index contributed by atoms with van der Waals surface area (Å²) < 4.78 is 5.71. The number of thioether (sulfide) groups is 1. The average molecular weight is 271 g/mol. The Hall–Kier alpha value is 0.270. The molecule has 18 heavy (non-hydrogen) atoms. The molecule has 0 bridgehead atoms. The molecule has 0 amide bonds. The molecule has 0 aromatic carbocycles. The quantitative estimate of drug-likeness (QED) is 0.748. The second-order valence-electron chi connectivity index (χ2n) is 6.06. The zero-order chi connectivity index (χ0) is 12.8. The van der Waals surface area contributed by atoms with Gasteiger partial charge in [-0.3, -0.25) is 0 Å². The molecule has 1 N–H and O–H groups in total. The minimum Gasteiger partial charge on any atom is -0.377 e. The minimum atomic E-state index is 0.463. The summed E-state index contributed by atoms with van der Waals surface area (Å²) in [6, 6.07) is 0.526. The van der Waals surface area contributed by atoms with E-state index in [4.69, 9.17) is 4.74 Å². The van der Waals surface area contributed by atoms with Crippen molar-refractivity contribution in [1.29, 1.82) is 0 Å². The number of ether oxygens (including phenoxy) is 1. The molecule has 1 aliphatic heterocycles. The number of nitrogens with one attached hydrogen (secondary N) is 1. The van der Waals surface area contributed by atoms with E-state index >= 15 is 0 Å². The van der Waals surface area contributed by atoms with Crippen LogP contribution in [0.4, 0.5) is 0 Å². The number of hydrogen-bond acceptors (Lipinski definition) is 3. The van der Waals surface area contributed by atoms with Crippen molar-refractivity contribution < 1.29 is 4.74 Å². The molecule has 0 aromatic rings. The minimum absolute atomic E-state index is 0.463. The van der Waals surface area contributed by atoms with Crippen molar-refractivity contribution in [2.24, 2.45) is 5.92 Å². The van der Waals surface area contributed by atoms with Crippen molar-refractivity contribution in [3.8, 4) is 0 Å². The zero-order valence-corrected chi connectivity index (χ0v) is 12.8. The fraction of sp³-hybridized carbons (Fsp3) is 1.00. The van der Waals surface area contributed by atoms with Crippen molar-refractivity contribution in [1.82, 2.24) is 5.32 Å². The maximum absolute atomic E-state index is 5.71.